The summed E-state index contributed by atoms with van der Waals surface area (Å²) in [6.45, 7) is 9.29. The molecule has 2 N–H and O–H groups in total. The molecule has 3 aromatic rings. The quantitative estimate of drug-likeness (QED) is 0.411. The van der Waals surface area contributed by atoms with E-state index in [-0.39, 0.29) is 11.8 Å². The van der Waals surface area contributed by atoms with Crippen LogP contribution in [0.3, 0.4) is 0 Å². The fraction of sp³-hybridized carbons (Fsp3) is 0.310. The first-order chi connectivity index (χ1) is 16.7. The molecule has 0 spiro atoms. The molecule has 0 aliphatic heterocycles. The van der Waals surface area contributed by atoms with Gasteiger partial charge < -0.3 is 15.2 Å². The molecule has 5 nitrogen and oxygen atoms in total. The second kappa shape index (κ2) is 12.0. The smallest absolute Gasteiger partial charge is 0.252 e. The first-order valence-corrected chi connectivity index (χ1v) is 13.9. The Balaban J connectivity index is 2.18. The van der Waals surface area contributed by atoms with Crippen molar-refractivity contribution in [1.29, 1.82) is 0 Å². The van der Waals surface area contributed by atoms with E-state index in [0.29, 0.717) is 52.0 Å². The lowest BCUT2D eigenvalue weighted by Gasteiger charge is -2.23. The Bertz CT molecular complexity index is 1150. The molecule has 2 amide bonds. The lowest BCUT2D eigenvalue weighted by atomic mass is 10.1. The molecule has 0 heterocycles. The number of carbonyl (C=O) groups excluding carboxylic acids is 2. The van der Waals surface area contributed by atoms with Gasteiger partial charge in [-0.05, 0) is 36.5 Å². The van der Waals surface area contributed by atoms with Crippen molar-refractivity contribution < 1.29 is 14.2 Å². The number of amides is 2. The van der Waals surface area contributed by atoms with E-state index in [4.69, 9.17) is 0 Å². The Morgan fingerprint density at radius 1 is 0.743 bits per heavy atom. The predicted molar refractivity (Wildman–Crippen MR) is 145 cm³/mol. The van der Waals surface area contributed by atoms with Crippen LogP contribution in [0.4, 0.5) is 0 Å². The summed E-state index contributed by atoms with van der Waals surface area (Å²) in [5, 5.41) is 7.49. The summed E-state index contributed by atoms with van der Waals surface area (Å²) in [5.41, 5.74) is 0.705. The maximum atomic E-state index is 15.1. The highest BCUT2D eigenvalue weighted by molar-refractivity contribution is 7.85. The molecular weight excluding hydrogens is 455 g/mol. The Hall–Kier alpha value is -3.17. The highest BCUT2D eigenvalue weighted by Gasteiger charge is 2.34. The van der Waals surface area contributed by atoms with E-state index in [1.807, 2.05) is 74.5 Å². The molecule has 0 fully saturated rings. The van der Waals surface area contributed by atoms with E-state index in [2.05, 4.69) is 24.5 Å². The number of nitrogens with one attached hydrogen (secondary N) is 2. The molecule has 0 bridgehead atoms. The highest BCUT2D eigenvalue weighted by Crippen LogP contribution is 2.43. The van der Waals surface area contributed by atoms with Crippen molar-refractivity contribution >= 4 is 34.9 Å². The van der Waals surface area contributed by atoms with Gasteiger partial charge in [0.15, 0.2) is 7.14 Å². The average Bonchev–Trinajstić information content (AvgIpc) is 2.87. The Morgan fingerprint density at radius 2 is 1.31 bits per heavy atom. The van der Waals surface area contributed by atoms with Crippen molar-refractivity contribution in [3.8, 4) is 0 Å². The van der Waals surface area contributed by atoms with Gasteiger partial charge in [-0.15, -0.1) is 0 Å². The topological polar surface area (TPSA) is 75.3 Å². The maximum Gasteiger partial charge on any atom is 0.252 e. The highest BCUT2D eigenvalue weighted by atomic mass is 31.2. The van der Waals surface area contributed by atoms with Crippen molar-refractivity contribution in [2.24, 2.45) is 11.8 Å². The van der Waals surface area contributed by atoms with Crippen LogP contribution in [0, 0.1) is 11.8 Å². The minimum atomic E-state index is -3.46. The van der Waals surface area contributed by atoms with E-state index >= 15 is 4.57 Å². The molecule has 184 valence electrons. The molecule has 6 heteroatoms. The summed E-state index contributed by atoms with van der Waals surface area (Å²) in [6, 6.07) is 23.3. The zero-order chi connectivity index (χ0) is 25.4. The van der Waals surface area contributed by atoms with Crippen LogP contribution in [0.1, 0.15) is 54.8 Å². The second-order valence-corrected chi connectivity index (χ2v) is 12.3. The third-order valence-corrected chi connectivity index (χ3v) is 8.86. The Labute approximate surface area is 208 Å². The molecule has 0 aromatic heterocycles. The molecule has 0 unspecified atom stereocenters. The summed E-state index contributed by atoms with van der Waals surface area (Å²) in [4.78, 5) is 26.2. The summed E-state index contributed by atoms with van der Waals surface area (Å²) >= 11 is 0. The van der Waals surface area contributed by atoms with Gasteiger partial charge >= 0.3 is 0 Å². The van der Waals surface area contributed by atoms with E-state index in [0.717, 1.165) is 6.42 Å². The standard InChI is InChI=1S/C29H35N2O3P/c1-21(2)17-18-30-29(33)26-16-15-23(28(32)31-20-22(3)4)19-27(26)35(34,24-11-7-5-8-12-24)25-13-9-6-10-14-25/h5-16,19,21-22H,17-18,20H2,1-4H3,(H,30,33)(H,31,32). The van der Waals surface area contributed by atoms with Crippen LogP contribution in [-0.4, -0.2) is 24.9 Å². The molecule has 3 rings (SSSR count). The molecular formula is C29H35N2O3P. The fourth-order valence-corrected chi connectivity index (χ4v) is 6.67. The number of carbonyl (C=O) groups is 2. The van der Waals surface area contributed by atoms with Gasteiger partial charge in [0.2, 0.25) is 0 Å². The lowest BCUT2D eigenvalue weighted by Crippen LogP contribution is -2.35. The van der Waals surface area contributed by atoms with Crippen LogP contribution in [0.25, 0.3) is 0 Å². The van der Waals surface area contributed by atoms with Crippen molar-refractivity contribution in [2.75, 3.05) is 13.1 Å². The monoisotopic (exact) mass is 490 g/mol. The van der Waals surface area contributed by atoms with Crippen LogP contribution in [0.2, 0.25) is 0 Å². The van der Waals surface area contributed by atoms with Crippen molar-refractivity contribution in [3.63, 3.8) is 0 Å². The van der Waals surface area contributed by atoms with Crippen molar-refractivity contribution in [3.05, 3.63) is 90.0 Å². The normalized spacial score (nSPS) is 11.5. The third kappa shape index (κ3) is 6.49. The average molecular weight is 491 g/mol. The van der Waals surface area contributed by atoms with Crippen LogP contribution < -0.4 is 26.5 Å². The second-order valence-electron chi connectivity index (χ2n) is 9.55. The van der Waals surface area contributed by atoms with Crippen LogP contribution in [0.5, 0.6) is 0 Å². The molecule has 0 atom stereocenters. The van der Waals surface area contributed by atoms with Gasteiger partial charge in [-0.25, -0.2) is 0 Å². The van der Waals surface area contributed by atoms with Gasteiger partial charge in [0, 0.05) is 34.6 Å². The van der Waals surface area contributed by atoms with E-state index in [9.17, 15) is 9.59 Å². The number of benzene rings is 3. The van der Waals surface area contributed by atoms with Gasteiger partial charge in [0.1, 0.15) is 0 Å². The number of hydrogen-bond acceptors (Lipinski definition) is 3. The first-order valence-electron chi connectivity index (χ1n) is 12.2. The van der Waals surface area contributed by atoms with E-state index < -0.39 is 7.14 Å². The van der Waals surface area contributed by atoms with E-state index in [1.54, 1.807) is 18.2 Å². The fourth-order valence-electron chi connectivity index (χ4n) is 3.80. The summed E-state index contributed by atoms with van der Waals surface area (Å²) < 4.78 is 15.1. The predicted octanol–water partition coefficient (Wildman–Crippen LogP) is 4.49. The first kappa shape index (κ1) is 26.4. The van der Waals surface area contributed by atoms with Crippen molar-refractivity contribution in [2.45, 2.75) is 34.1 Å². The maximum absolute atomic E-state index is 15.1. The zero-order valence-corrected chi connectivity index (χ0v) is 21.8. The third-order valence-electron chi connectivity index (χ3n) is 5.76. The van der Waals surface area contributed by atoms with Crippen LogP contribution in [-0.2, 0) is 4.57 Å². The number of hydrogen-bond donors (Lipinski definition) is 2. The minimum Gasteiger partial charge on any atom is -0.352 e. The van der Waals surface area contributed by atoms with Gasteiger partial charge in [-0.1, -0.05) is 88.4 Å². The zero-order valence-electron chi connectivity index (χ0n) is 21.0. The van der Waals surface area contributed by atoms with Crippen LogP contribution in [0.15, 0.2) is 78.9 Å². The minimum absolute atomic E-state index is 0.251. The molecule has 0 radical (unpaired) electrons. The summed E-state index contributed by atoms with van der Waals surface area (Å²) in [7, 11) is -3.46. The Morgan fingerprint density at radius 3 is 1.83 bits per heavy atom. The summed E-state index contributed by atoms with van der Waals surface area (Å²) in [6.07, 6.45) is 0.839. The molecule has 35 heavy (non-hydrogen) atoms. The molecule has 0 saturated heterocycles. The largest absolute Gasteiger partial charge is 0.352 e. The number of rotatable bonds is 10. The molecule has 0 aliphatic rings. The lowest BCUT2D eigenvalue weighted by molar-refractivity contribution is 0.0939. The Kier molecular flexibility index (Phi) is 9.06. The molecule has 3 aromatic carbocycles. The van der Waals surface area contributed by atoms with Gasteiger partial charge in [-0.3, -0.25) is 9.59 Å². The van der Waals surface area contributed by atoms with E-state index in [1.165, 1.54) is 0 Å². The van der Waals surface area contributed by atoms with Crippen molar-refractivity contribution in [1.82, 2.24) is 10.6 Å². The van der Waals surface area contributed by atoms with Gasteiger partial charge in [0.05, 0.1) is 5.56 Å². The SMILES string of the molecule is CC(C)CCNC(=O)c1ccc(C(=O)NCC(C)C)cc1P(=O)(c1ccccc1)c1ccccc1. The van der Waals surface area contributed by atoms with Crippen LogP contribution >= 0.6 is 7.14 Å². The van der Waals surface area contributed by atoms with Gasteiger partial charge in [0.25, 0.3) is 11.8 Å². The van der Waals surface area contributed by atoms with Gasteiger partial charge in [-0.2, -0.15) is 0 Å². The summed E-state index contributed by atoms with van der Waals surface area (Å²) in [5.74, 6) is 0.201. The molecule has 0 saturated carbocycles. The molecule has 0 aliphatic carbocycles.